The molecule has 1 nitrogen and oxygen atoms in total. The Morgan fingerprint density at radius 1 is 1.44 bits per heavy atom. The Kier molecular flexibility index (Phi) is 3.34. The molecule has 0 fully saturated rings. The third-order valence-electron chi connectivity index (χ3n) is 1.22. The highest BCUT2D eigenvalue weighted by Gasteiger charge is 2.11. The summed E-state index contributed by atoms with van der Waals surface area (Å²) in [5, 5.41) is 9.28. The molecule has 1 atom stereocenters. The lowest BCUT2D eigenvalue weighted by Gasteiger charge is -2.11. The summed E-state index contributed by atoms with van der Waals surface area (Å²) in [4.78, 5) is 0. The van der Waals surface area contributed by atoms with Crippen LogP contribution in [-0.2, 0) is 0 Å². The van der Waals surface area contributed by atoms with E-state index in [0.717, 1.165) is 6.42 Å². The molecule has 0 rings (SSSR count). The molecule has 0 aliphatic carbocycles. The molecule has 0 bridgehead atoms. The first-order valence-corrected chi connectivity index (χ1v) is 3.34. The van der Waals surface area contributed by atoms with E-state index in [9.17, 15) is 5.11 Å². The maximum atomic E-state index is 9.28. The van der Waals surface area contributed by atoms with Crippen LogP contribution >= 0.6 is 0 Å². The van der Waals surface area contributed by atoms with Crippen molar-refractivity contribution < 1.29 is 5.11 Å². The van der Waals surface area contributed by atoms with Crippen LogP contribution in [0, 0.1) is 11.8 Å². The van der Waals surface area contributed by atoms with E-state index in [1.54, 1.807) is 6.92 Å². The number of hydrogen-bond acceptors (Lipinski definition) is 1. The standard InChI is InChI=1S/C8H14O/c1-4-6-7-8(3,9)5-2/h9H,4-5H2,1-3H3. The van der Waals surface area contributed by atoms with E-state index in [0.29, 0.717) is 6.42 Å². The Hall–Kier alpha value is -0.480. The minimum absolute atomic E-state index is 0.694. The molecule has 0 aromatic heterocycles. The Labute approximate surface area is 57.1 Å². The summed E-state index contributed by atoms with van der Waals surface area (Å²) >= 11 is 0. The fraction of sp³-hybridized carbons (Fsp3) is 0.750. The molecule has 9 heavy (non-hydrogen) atoms. The van der Waals surface area contributed by atoms with Gasteiger partial charge in [-0.25, -0.2) is 0 Å². The normalized spacial score (nSPS) is 15.6. The molecule has 0 aromatic rings. The van der Waals surface area contributed by atoms with Crippen molar-refractivity contribution in [3.05, 3.63) is 0 Å². The van der Waals surface area contributed by atoms with Crippen LogP contribution in [0.1, 0.15) is 33.6 Å². The van der Waals surface area contributed by atoms with Crippen LogP contribution in [0.2, 0.25) is 0 Å². The van der Waals surface area contributed by atoms with Gasteiger partial charge in [-0.15, -0.1) is 5.92 Å². The van der Waals surface area contributed by atoms with Gasteiger partial charge in [0.25, 0.3) is 0 Å². The first-order valence-electron chi connectivity index (χ1n) is 3.34. The second-order valence-corrected chi connectivity index (χ2v) is 2.28. The number of rotatable bonds is 1. The summed E-state index contributed by atoms with van der Waals surface area (Å²) in [6, 6.07) is 0. The summed E-state index contributed by atoms with van der Waals surface area (Å²) < 4.78 is 0. The van der Waals surface area contributed by atoms with E-state index in [1.165, 1.54) is 0 Å². The van der Waals surface area contributed by atoms with E-state index >= 15 is 0 Å². The minimum Gasteiger partial charge on any atom is -0.378 e. The molecule has 0 heterocycles. The number of aliphatic hydroxyl groups is 1. The lowest BCUT2D eigenvalue weighted by molar-refractivity contribution is 0.118. The van der Waals surface area contributed by atoms with E-state index < -0.39 is 5.60 Å². The molecule has 0 saturated carbocycles. The molecule has 0 aromatic carbocycles. The van der Waals surface area contributed by atoms with Crippen molar-refractivity contribution >= 4 is 0 Å². The van der Waals surface area contributed by atoms with Gasteiger partial charge in [0.05, 0.1) is 0 Å². The van der Waals surface area contributed by atoms with Gasteiger partial charge in [-0.2, -0.15) is 0 Å². The second-order valence-electron chi connectivity index (χ2n) is 2.28. The van der Waals surface area contributed by atoms with E-state index in [4.69, 9.17) is 0 Å². The quantitative estimate of drug-likeness (QED) is 0.529. The summed E-state index contributed by atoms with van der Waals surface area (Å²) in [7, 11) is 0. The smallest absolute Gasteiger partial charge is 0.122 e. The van der Waals surface area contributed by atoms with Gasteiger partial charge in [0.2, 0.25) is 0 Å². The third kappa shape index (κ3) is 4.05. The molecule has 0 amide bonds. The van der Waals surface area contributed by atoms with Gasteiger partial charge < -0.3 is 5.11 Å². The topological polar surface area (TPSA) is 20.2 Å². The van der Waals surface area contributed by atoms with Crippen LogP contribution in [0.15, 0.2) is 0 Å². The molecule has 1 N–H and O–H groups in total. The van der Waals surface area contributed by atoms with Crippen molar-refractivity contribution in [2.75, 3.05) is 0 Å². The molecular weight excluding hydrogens is 112 g/mol. The first kappa shape index (κ1) is 8.52. The van der Waals surface area contributed by atoms with Gasteiger partial charge in [-0.05, 0) is 13.3 Å². The van der Waals surface area contributed by atoms with Gasteiger partial charge in [0.1, 0.15) is 5.60 Å². The lowest BCUT2D eigenvalue weighted by atomic mass is 10.1. The molecule has 1 heteroatoms. The summed E-state index contributed by atoms with van der Waals surface area (Å²) in [6.45, 7) is 5.62. The number of hydrogen-bond donors (Lipinski definition) is 1. The molecule has 52 valence electrons. The van der Waals surface area contributed by atoms with Crippen LogP contribution in [0.5, 0.6) is 0 Å². The first-order chi connectivity index (χ1) is 4.12. The van der Waals surface area contributed by atoms with Gasteiger partial charge >= 0.3 is 0 Å². The van der Waals surface area contributed by atoms with Crippen molar-refractivity contribution in [2.24, 2.45) is 0 Å². The zero-order chi connectivity index (χ0) is 7.33. The van der Waals surface area contributed by atoms with Crippen molar-refractivity contribution in [3.8, 4) is 11.8 Å². The Morgan fingerprint density at radius 3 is 2.33 bits per heavy atom. The molecule has 0 radical (unpaired) electrons. The molecule has 0 saturated heterocycles. The minimum atomic E-state index is -0.768. The summed E-state index contributed by atoms with van der Waals surface area (Å²) in [5.74, 6) is 5.60. The van der Waals surface area contributed by atoms with E-state index in [2.05, 4.69) is 11.8 Å². The van der Waals surface area contributed by atoms with Gasteiger partial charge in [-0.3, -0.25) is 0 Å². The lowest BCUT2D eigenvalue weighted by Crippen LogP contribution is -2.19. The molecule has 1 unspecified atom stereocenters. The van der Waals surface area contributed by atoms with Crippen molar-refractivity contribution in [1.82, 2.24) is 0 Å². The van der Waals surface area contributed by atoms with Crippen molar-refractivity contribution in [2.45, 2.75) is 39.2 Å². The summed E-state index contributed by atoms with van der Waals surface area (Å²) in [6.07, 6.45) is 1.51. The fourth-order valence-corrected chi connectivity index (χ4v) is 0.367. The Morgan fingerprint density at radius 2 is 2.00 bits per heavy atom. The largest absolute Gasteiger partial charge is 0.378 e. The van der Waals surface area contributed by atoms with Gasteiger partial charge in [0, 0.05) is 6.42 Å². The average molecular weight is 126 g/mol. The highest BCUT2D eigenvalue weighted by atomic mass is 16.3. The van der Waals surface area contributed by atoms with Crippen LogP contribution in [0.25, 0.3) is 0 Å². The molecule has 0 aliphatic heterocycles. The highest BCUT2D eigenvalue weighted by molar-refractivity contribution is 5.10. The predicted octanol–water partition coefficient (Wildman–Crippen LogP) is 1.56. The van der Waals surface area contributed by atoms with Crippen molar-refractivity contribution in [1.29, 1.82) is 0 Å². The van der Waals surface area contributed by atoms with Crippen molar-refractivity contribution in [3.63, 3.8) is 0 Å². The van der Waals surface area contributed by atoms with Crippen LogP contribution in [-0.4, -0.2) is 10.7 Å². The zero-order valence-electron chi connectivity index (χ0n) is 6.36. The monoisotopic (exact) mass is 126 g/mol. The molecule has 0 aliphatic rings. The highest BCUT2D eigenvalue weighted by Crippen LogP contribution is 2.04. The van der Waals surface area contributed by atoms with Gasteiger partial charge in [0.15, 0.2) is 0 Å². The molecule has 0 spiro atoms. The zero-order valence-corrected chi connectivity index (χ0v) is 6.36. The van der Waals surface area contributed by atoms with Crippen LogP contribution in [0.4, 0.5) is 0 Å². The third-order valence-corrected chi connectivity index (χ3v) is 1.22. The average Bonchev–Trinajstić information content (AvgIpc) is 1.84. The van der Waals surface area contributed by atoms with E-state index in [-0.39, 0.29) is 0 Å². The fourth-order valence-electron chi connectivity index (χ4n) is 0.367. The molecular formula is C8H14O. The van der Waals surface area contributed by atoms with E-state index in [1.807, 2.05) is 13.8 Å². The van der Waals surface area contributed by atoms with Crippen LogP contribution in [0.3, 0.4) is 0 Å². The Bertz CT molecular complexity index is 125. The SMILES string of the molecule is CCC#CC(C)(O)CC. The summed E-state index contributed by atoms with van der Waals surface area (Å²) in [5.41, 5.74) is -0.768. The maximum Gasteiger partial charge on any atom is 0.122 e. The predicted molar refractivity (Wildman–Crippen MR) is 39.0 cm³/mol. The van der Waals surface area contributed by atoms with Crippen LogP contribution < -0.4 is 0 Å². The maximum absolute atomic E-state index is 9.28. The Balaban J connectivity index is 3.84. The second kappa shape index (κ2) is 3.53. The van der Waals surface area contributed by atoms with Gasteiger partial charge in [-0.1, -0.05) is 19.8 Å².